The van der Waals surface area contributed by atoms with Gasteiger partial charge in [0.15, 0.2) is 5.78 Å². The minimum absolute atomic E-state index is 0.0413. The van der Waals surface area contributed by atoms with Crippen LogP contribution in [0.2, 0.25) is 0 Å². The summed E-state index contributed by atoms with van der Waals surface area (Å²) < 4.78 is 5.59. The Morgan fingerprint density at radius 2 is 2.16 bits per heavy atom. The van der Waals surface area contributed by atoms with E-state index in [0.29, 0.717) is 28.4 Å². The highest BCUT2D eigenvalue weighted by molar-refractivity contribution is 8.03. The number of thioether (sulfide) groups is 1. The second kappa shape index (κ2) is 8.86. The molecular weight excluding hydrogens is 410 g/mol. The molecule has 1 aromatic heterocycles. The SMILES string of the molecule is Cc1ccc(C)c(NC(=O)CSC2=C(C#N)C(c3ccco3)C3=C(CCCC3=O)N2)c1. The molecule has 4 rings (SSSR count). The number of nitrogens with one attached hydrogen (secondary N) is 2. The number of amides is 1. The average molecular weight is 434 g/mol. The van der Waals surface area contributed by atoms with Crippen LogP contribution in [0.1, 0.15) is 42.1 Å². The van der Waals surface area contributed by atoms with Crippen LogP contribution in [0, 0.1) is 25.2 Å². The average Bonchev–Trinajstić information content (AvgIpc) is 3.28. The molecule has 158 valence electrons. The Balaban J connectivity index is 1.58. The van der Waals surface area contributed by atoms with Crippen LogP contribution in [0.15, 0.2) is 62.9 Å². The van der Waals surface area contributed by atoms with Crippen molar-refractivity contribution in [2.75, 3.05) is 11.1 Å². The van der Waals surface area contributed by atoms with Gasteiger partial charge in [-0.2, -0.15) is 5.26 Å². The van der Waals surface area contributed by atoms with E-state index in [0.717, 1.165) is 35.4 Å². The predicted octanol–water partition coefficient (Wildman–Crippen LogP) is 4.70. The maximum absolute atomic E-state index is 12.7. The highest BCUT2D eigenvalue weighted by Gasteiger charge is 2.38. The van der Waals surface area contributed by atoms with Crippen LogP contribution >= 0.6 is 11.8 Å². The van der Waals surface area contributed by atoms with Gasteiger partial charge in [-0.05, 0) is 56.0 Å². The normalized spacial score (nSPS) is 18.4. The number of furan rings is 1. The Morgan fingerprint density at radius 3 is 2.90 bits per heavy atom. The van der Waals surface area contributed by atoms with Gasteiger partial charge in [0.1, 0.15) is 5.76 Å². The number of Topliss-reactive ketones (excluding diaryl/α,β-unsaturated/α-hetero) is 1. The summed E-state index contributed by atoms with van der Waals surface area (Å²) in [5, 5.41) is 16.8. The zero-order chi connectivity index (χ0) is 22.0. The number of hydrogen-bond donors (Lipinski definition) is 2. The lowest BCUT2D eigenvalue weighted by molar-refractivity contribution is -0.116. The standard InChI is InChI=1S/C24H23N3O3S/c1-14-8-9-15(2)18(11-14)26-21(29)13-31-24-16(12-25)22(20-7-4-10-30-20)23-17(27-24)5-3-6-19(23)28/h4,7-11,22,27H,3,5-6,13H2,1-2H3,(H,26,29). The van der Waals surface area contributed by atoms with Crippen LogP contribution in [-0.2, 0) is 9.59 Å². The first-order chi connectivity index (χ1) is 15.0. The van der Waals surface area contributed by atoms with Crippen molar-refractivity contribution in [2.24, 2.45) is 0 Å². The van der Waals surface area contributed by atoms with Gasteiger partial charge in [0, 0.05) is 23.4 Å². The zero-order valence-corrected chi connectivity index (χ0v) is 18.3. The molecule has 1 aliphatic heterocycles. The summed E-state index contributed by atoms with van der Waals surface area (Å²) in [5.41, 5.74) is 4.70. The fraction of sp³-hybridized carbons (Fsp3) is 0.292. The van der Waals surface area contributed by atoms with E-state index in [-0.39, 0.29) is 17.4 Å². The molecule has 0 saturated carbocycles. The first-order valence-electron chi connectivity index (χ1n) is 10.2. The lowest BCUT2D eigenvalue weighted by atomic mass is 9.79. The summed E-state index contributed by atoms with van der Waals surface area (Å²) in [4.78, 5) is 25.3. The molecule has 0 fully saturated rings. The van der Waals surface area contributed by atoms with Crippen molar-refractivity contribution in [3.05, 3.63) is 75.4 Å². The molecule has 2 heterocycles. The molecule has 0 radical (unpaired) electrons. The van der Waals surface area contributed by atoms with E-state index in [1.165, 1.54) is 11.8 Å². The number of rotatable bonds is 5. The van der Waals surface area contributed by atoms with E-state index >= 15 is 0 Å². The van der Waals surface area contributed by atoms with Crippen molar-refractivity contribution >= 4 is 29.1 Å². The fourth-order valence-electron chi connectivity index (χ4n) is 3.97. The Kier molecular flexibility index (Phi) is 6.01. The van der Waals surface area contributed by atoms with Crippen molar-refractivity contribution in [3.63, 3.8) is 0 Å². The van der Waals surface area contributed by atoms with E-state index in [1.807, 2.05) is 32.0 Å². The third-order valence-electron chi connectivity index (χ3n) is 5.51. The highest BCUT2D eigenvalue weighted by Crippen LogP contribution is 2.44. The van der Waals surface area contributed by atoms with Crippen molar-refractivity contribution in [1.29, 1.82) is 5.26 Å². The van der Waals surface area contributed by atoms with E-state index < -0.39 is 5.92 Å². The number of carbonyl (C=O) groups is 2. The molecule has 0 bridgehead atoms. The Bertz CT molecular complexity index is 1140. The number of aryl methyl sites for hydroxylation is 2. The first kappa shape index (κ1) is 21.0. The van der Waals surface area contributed by atoms with Crippen molar-refractivity contribution in [3.8, 4) is 6.07 Å². The smallest absolute Gasteiger partial charge is 0.234 e. The van der Waals surface area contributed by atoms with Crippen LogP contribution in [0.3, 0.4) is 0 Å². The number of nitrogens with zero attached hydrogens (tertiary/aromatic N) is 1. The van der Waals surface area contributed by atoms with Gasteiger partial charge in [-0.15, -0.1) is 0 Å². The summed E-state index contributed by atoms with van der Waals surface area (Å²) in [6.07, 6.45) is 3.51. The molecule has 0 spiro atoms. The van der Waals surface area contributed by atoms with Crippen LogP contribution in [0.25, 0.3) is 0 Å². The van der Waals surface area contributed by atoms with Crippen LogP contribution < -0.4 is 10.6 Å². The van der Waals surface area contributed by atoms with E-state index in [4.69, 9.17) is 4.42 Å². The molecule has 2 N–H and O–H groups in total. The molecule has 1 unspecified atom stereocenters. The van der Waals surface area contributed by atoms with Gasteiger partial charge < -0.3 is 15.1 Å². The predicted molar refractivity (Wildman–Crippen MR) is 120 cm³/mol. The van der Waals surface area contributed by atoms with Gasteiger partial charge in [-0.1, -0.05) is 23.9 Å². The summed E-state index contributed by atoms with van der Waals surface area (Å²) in [6, 6.07) is 11.7. The number of carbonyl (C=O) groups excluding carboxylic acids is 2. The number of anilines is 1. The number of hydrogen-bond acceptors (Lipinski definition) is 6. The van der Waals surface area contributed by atoms with E-state index in [1.54, 1.807) is 18.4 Å². The third kappa shape index (κ3) is 4.30. The minimum Gasteiger partial charge on any atom is -0.468 e. The Hall–Kier alpha value is -3.24. The van der Waals surface area contributed by atoms with Gasteiger partial charge in [0.2, 0.25) is 5.91 Å². The maximum atomic E-state index is 12.7. The number of dihydropyridines is 1. The molecule has 7 heteroatoms. The number of benzene rings is 1. The van der Waals surface area contributed by atoms with E-state index in [9.17, 15) is 14.9 Å². The lowest BCUT2D eigenvalue weighted by Gasteiger charge is -2.32. The summed E-state index contributed by atoms with van der Waals surface area (Å²) in [7, 11) is 0. The summed E-state index contributed by atoms with van der Waals surface area (Å²) >= 11 is 1.27. The second-order valence-electron chi connectivity index (χ2n) is 7.75. The third-order valence-corrected chi connectivity index (χ3v) is 6.52. The molecule has 6 nitrogen and oxygen atoms in total. The van der Waals surface area contributed by atoms with Gasteiger partial charge in [-0.25, -0.2) is 0 Å². The number of ketones is 1. The van der Waals surface area contributed by atoms with Gasteiger partial charge in [-0.3, -0.25) is 9.59 Å². The fourth-order valence-corrected chi connectivity index (χ4v) is 4.83. The Labute approximate surface area is 185 Å². The van der Waals surface area contributed by atoms with E-state index in [2.05, 4.69) is 16.7 Å². The minimum atomic E-state index is -0.534. The van der Waals surface area contributed by atoms with Crippen LogP contribution in [-0.4, -0.2) is 17.4 Å². The second-order valence-corrected chi connectivity index (χ2v) is 8.74. The molecule has 1 atom stereocenters. The van der Waals surface area contributed by atoms with Crippen molar-refractivity contribution < 1.29 is 14.0 Å². The Morgan fingerprint density at radius 1 is 1.32 bits per heavy atom. The molecule has 31 heavy (non-hydrogen) atoms. The van der Waals surface area contributed by atoms with Crippen LogP contribution in [0.4, 0.5) is 5.69 Å². The summed E-state index contributed by atoms with van der Waals surface area (Å²) in [5.74, 6) is 0.0637. The van der Waals surface area contributed by atoms with Crippen molar-refractivity contribution in [2.45, 2.75) is 39.0 Å². The molecule has 1 amide bonds. The molecule has 2 aliphatic rings. The maximum Gasteiger partial charge on any atom is 0.234 e. The number of allylic oxidation sites excluding steroid dienone is 3. The number of nitriles is 1. The molecular formula is C24H23N3O3S. The molecule has 0 saturated heterocycles. The molecule has 2 aromatic rings. The lowest BCUT2D eigenvalue weighted by Crippen LogP contribution is -2.31. The largest absolute Gasteiger partial charge is 0.468 e. The summed E-state index contributed by atoms with van der Waals surface area (Å²) in [6.45, 7) is 3.93. The first-order valence-corrected chi connectivity index (χ1v) is 11.2. The van der Waals surface area contributed by atoms with Gasteiger partial charge in [0.05, 0.1) is 34.6 Å². The monoisotopic (exact) mass is 433 g/mol. The van der Waals surface area contributed by atoms with Gasteiger partial charge >= 0.3 is 0 Å². The van der Waals surface area contributed by atoms with Gasteiger partial charge in [0.25, 0.3) is 0 Å². The topological polar surface area (TPSA) is 95.1 Å². The zero-order valence-electron chi connectivity index (χ0n) is 17.5. The molecule has 1 aliphatic carbocycles. The quantitative estimate of drug-likeness (QED) is 0.710. The highest BCUT2D eigenvalue weighted by atomic mass is 32.2. The molecule has 1 aromatic carbocycles. The van der Waals surface area contributed by atoms with Crippen LogP contribution in [0.5, 0.6) is 0 Å². The van der Waals surface area contributed by atoms with Crippen molar-refractivity contribution in [1.82, 2.24) is 5.32 Å².